The fraction of sp³-hybridized carbons (Fsp3) is 1.00. The van der Waals surface area contributed by atoms with Crippen LogP contribution in [0.2, 0.25) is 0 Å². The number of hydrogen-bond acceptors (Lipinski definition) is 1. The minimum absolute atomic E-state index is 0.844. The first-order valence-corrected chi connectivity index (χ1v) is 7.72. The second kappa shape index (κ2) is 12.1. The van der Waals surface area contributed by atoms with Gasteiger partial charge in [0.2, 0.25) is 0 Å². The maximum atomic E-state index is 4.93. The average Bonchev–Trinajstić information content (AvgIpc) is 1.66. The molecule has 0 aromatic carbocycles. The second-order valence-corrected chi connectivity index (χ2v) is 7.27. The van der Waals surface area contributed by atoms with Crippen LogP contribution in [0.5, 0.6) is 0 Å². The molecular formula is C4H10Cl3CrO. The molecule has 0 N–H and O–H groups in total. The van der Waals surface area contributed by atoms with Crippen molar-refractivity contribution in [3.8, 4) is 0 Å². The number of halogens is 3. The molecule has 0 aliphatic heterocycles. The van der Waals surface area contributed by atoms with E-state index in [4.69, 9.17) is 34.9 Å². The molecule has 0 rings (SSSR count). The van der Waals surface area contributed by atoms with Crippen LogP contribution in [0.1, 0.15) is 13.8 Å². The van der Waals surface area contributed by atoms with Crippen molar-refractivity contribution < 1.29 is 16.1 Å². The molecule has 1 nitrogen and oxygen atoms in total. The predicted molar refractivity (Wildman–Crippen MR) is 39.7 cm³/mol. The zero-order chi connectivity index (χ0) is 7.70. The van der Waals surface area contributed by atoms with Crippen molar-refractivity contribution in [3.63, 3.8) is 0 Å². The van der Waals surface area contributed by atoms with Gasteiger partial charge in [-0.25, -0.2) is 0 Å². The second-order valence-electron chi connectivity index (χ2n) is 0.956. The molecule has 9 heavy (non-hydrogen) atoms. The first-order valence-electron chi connectivity index (χ1n) is 2.45. The van der Waals surface area contributed by atoms with Crippen LogP contribution >= 0.6 is 30.1 Å². The third-order valence-corrected chi connectivity index (χ3v) is 0.408. The molecule has 0 radical (unpaired) electrons. The fourth-order valence-electron chi connectivity index (χ4n) is 0.204. The van der Waals surface area contributed by atoms with Gasteiger partial charge in [0, 0.05) is 13.2 Å². The summed E-state index contributed by atoms with van der Waals surface area (Å²) in [5.74, 6) is 0. The average molecular weight is 232 g/mol. The van der Waals surface area contributed by atoms with E-state index < -0.39 is 11.4 Å². The zero-order valence-corrected chi connectivity index (χ0v) is 8.91. The van der Waals surface area contributed by atoms with Gasteiger partial charge in [0.25, 0.3) is 0 Å². The van der Waals surface area contributed by atoms with Crippen LogP contribution in [0, 0.1) is 0 Å². The van der Waals surface area contributed by atoms with Gasteiger partial charge in [-0.15, -0.1) is 0 Å². The van der Waals surface area contributed by atoms with Crippen molar-refractivity contribution in [2.24, 2.45) is 0 Å². The van der Waals surface area contributed by atoms with Gasteiger partial charge in [-0.3, -0.25) is 0 Å². The Balaban J connectivity index is 0. The summed E-state index contributed by atoms with van der Waals surface area (Å²) in [7, 11) is 14.8. The molecule has 0 aliphatic carbocycles. The van der Waals surface area contributed by atoms with Gasteiger partial charge >= 0.3 is 41.5 Å². The summed E-state index contributed by atoms with van der Waals surface area (Å²) in [6, 6.07) is 0. The van der Waals surface area contributed by atoms with Crippen molar-refractivity contribution in [3.05, 3.63) is 0 Å². The van der Waals surface area contributed by atoms with Crippen LogP contribution in [0.25, 0.3) is 0 Å². The van der Waals surface area contributed by atoms with Gasteiger partial charge in [-0.2, -0.15) is 0 Å². The molecule has 0 aromatic rings. The van der Waals surface area contributed by atoms with Crippen molar-refractivity contribution in [2.45, 2.75) is 13.8 Å². The molecule has 0 atom stereocenters. The third-order valence-electron chi connectivity index (χ3n) is 0.408. The first kappa shape index (κ1) is 13.0. The topological polar surface area (TPSA) is 9.23 Å². The molecule has 5 heteroatoms. The maximum absolute atomic E-state index is 4.93. The molecular weight excluding hydrogens is 222 g/mol. The van der Waals surface area contributed by atoms with Crippen LogP contribution in [-0.2, 0) is 16.1 Å². The van der Waals surface area contributed by atoms with Crippen molar-refractivity contribution >= 4 is 30.1 Å². The quantitative estimate of drug-likeness (QED) is 0.711. The summed E-state index contributed by atoms with van der Waals surface area (Å²) in [6.45, 7) is 5.67. The Morgan fingerprint density at radius 3 is 1.33 bits per heavy atom. The summed E-state index contributed by atoms with van der Waals surface area (Å²) in [5.41, 5.74) is 0. The van der Waals surface area contributed by atoms with E-state index in [0.29, 0.717) is 0 Å². The van der Waals surface area contributed by atoms with E-state index in [1.807, 2.05) is 13.8 Å². The molecule has 0 amide bonds. The van der Waals surface area contributed by atoms with Crippen LogP contribution < -0.4 is 0 Å². The molecule has 0 spiro atoms. The standard InChI is InChI=1S/C4H10O.3ClH.Cr/c1-3-5-4-2;;;;/h3-4H2,1-2H3;3*1H;/q;;;;+3/p-3. The molecule has 0 saturated heterocycles. The van der Waals surface area contributed by atoms with Crippen molar-refractivity contribution in [2.75, 3.05) is 13.2 Å². The Morgan fingerprint density at radius 2 is 1.33 bits per heavy atom. The van der Waals surface area contributed by atoms with E-state index in [0.717, 1.165) is 13.2 Å². The van der Waals surface area contributed by atoms with E-state index in [1.165, 1.54) is 0 Å². The van der Waals surface area contributed by atoms with E-state index in [-0.39, 0.29) is 0 Å². The molecule has 0 fully saturated rings. The molecule has 0 aromatic heterocycles. The number of hydrogen-bond donors (Lipinski definition) is 0. The van der Waals surface area contributed by atoms with E-state index in [9.17, 15) is 0 Å². The summed E-state index contributed by atoms with van der Waals surface area (Å²) in [5, 5.41) is 0. The summed E-state index contributed by atoms with van der Waals surface area (Å²) >= 11 is -1.62. The summed E-state index contributed by atoms with van der Waals surface area (Å²) < 4.78 is 4.83. The zero-order valence-electron chi connectivity index (χ0n) is 5.36. The summed E-state index contributed by atoms with van der Waals surface area (Å²) in [4.78, 5) is 0. The molecule has 0 aliphatic rings. The first-order chi connectivity index (χ1) is 4.15. The Bertz CT molecular complexity index is 40.0. The Kier molecular flexibility index (Phi) is 17.4. The monoisotopic (exact) mass is 231 g/mol. The van der Waals surface area contributed by atoms with E-state index in [2.05, 4.69) is 0 Å². The van der Waals surface area contributed by atoms with Crippen LogP contribution in [0.3, 0.4) is 0 Å². The SMILES string of the molecule is CCOCC.[Cl][Cr]([Cl])[Cl]. The van der Waals surface area contributed by atoms with Gasteiger partial charge < -0.3 is 4.74 Å². The molecule has 0 saturated carbocycles. The summed E-state index contributed by atoms with van der Waals surface area (Å²) in [6.07, 6.45) is 0. The number of rotatable bonds is 2. The van der Waals surface area contributed by atoms with Crippen LogP contribution in [0.15, 0.2) is 0 Å². The van der Waals surface area contributed by atoms with Crippen LogP contribution in [-0.4, -0.2) is 13.2 Å². The van der Waals surface area contributed by atoms with Gasteiger partial charge in [-0.1, -0.05) is 0 Å². The molecule has 59 valence electrons. The fourth-order valence-corrected chi connectivity index (χ4v) is 0.204. The van der Waals surface area contributed by atoms with Crippen molar-refractivity contribution in [1.29, 1.82) is 0 Å². The van der Waals surface area contributed by atoms with Crippen molar-refractivity contribution in [1.82, 2.24) is 0 Å². The number of ether oxygens (including phenoxy) is 1. The predicted octanol–water partition coefficient (Wildman–Crippen LogP) is 3.11. The Hall–Kier alpha value is 1.36. The van der Waals surface area contributed by atoms with E-state index in [1.54, 1.807) is 0 Å². The van der Waals surface area contributed by atoms with Gasteiger partial charge in [-0.05, 0) is 13.8 Å². The normalized spacial score (nSPS) is 8.67. The van der Waals surface area contributed by atoms with Gasteiger partial charge in [0.1, 0.15) is 0 Å². The third kappa shape index (κ3) is 44.9. The minimum atomic E-state index is -1.62. The van der Waals surface area contributed by atoms with Gasteiger partial charge in [0.05, 0.1) is 0 Å². The van der Waals surface area contributed by atoms with E-state index >= 15 is 0 Å². The molecule has 0 heterocycles. The van der Waals surface area contributed by atoms with Crippen LogP contribution in [0.4, 0.5) is 0 Å². The Labute approximate surface area is 73.2 Å². The Morgan fingerprint density at radius 1 is 1.11 bits per heavy atom. The molecule has 0 unspecified atom stereocenters. The van der Waals surface area contributed by atoms with Gasteiger partial charge in [0.15, 0.2) is 0 Å². The molecule has 0 bridgehead atoms.